The normalized spacial score (nSPS) is 10.3. The van der Waals surface area contributed by atoms with Crippen molar-refractivity contribution in [2.75, 3.05) is 6.54 Å². The fourth-order valence-corrected chi connectivity index (χ4v) is 1.12. The van der Waals surface area contributed by atoms with E-state index in [2.05, 4.69) is 0 Å². The van der Waals surface area contributed by atoms with Crippen LogP contribution in [-0.2, 0) is 0 Å². The SMILES string of the molecule is Cc1oc(C(=O)CN)c(C)c1Cl. The van der Waals surface area contributed by atoms with Crippen molar-refractivity contribution >= 4 is 17.4 Å². The molecule has 0 saturated heterocycles. The van der Waals surface area contributed by atoms with Gasteiger partial charge in [-0.05, 0) is 13.8 Å². The first-order valence-corrected chi connectivity index (χ1v) is 3.94. The van der Waals surface area contributed by atoms with E-state index in [1.54, 1.807) is 13.8 Å². The molecule has 4 heteroatoms. The zero-order valence-corrected chi connectivity index (χ0v) is 7.73. The van der Waals surface area contributed by atoms with E-state index in [1.165, 1.54) is 0 Å². The maximum atomic E-state index is 11.1. The molecule has 1 aromatic heterocycles. The summed E-state index contributed by atoms with van der Waals surface area (Å²) in [5.41, 5.74) is 5.85. The molecule has 66 valence electrons. The van der Waals surface area contributed by atoms with Crippen molar-refractivity contribution in [2.45, 2.75) is 13.8 Å². The largest absolute Gasteiger partial charge is 0.456 e. The summed E-state index contributed by atoms with van der Waals surface area (Å²) in [5.74, 6) is 0.619. The zero-order valence-electron chi connectivity index (χ0n) is 6.98. The van der Waals surface area contributed by atoms with Gasteiger partial charge in [0.2, 0.25) is 5.78 Å². The van der Waals surface area contributed by atoms with Gasteiger partial charge in [-0.3, -0.25) is 4.79 Å². The highest BCUT2D eigenvalue weighted by Gasteiger charge is 2.17. The number of carbonyl (C=O) groups excluding carboxylic acids is 1. The Kier molecular flexibility index (Phi) is 2.55. The lowest BCUT2D eigenvalue weighted by atomic mass is 10.2. The Hall–Kier alpha value is -0.800. The highest BCUT2D eigenvalue weighted by Crippen LogP contribution is 2.26. The second kappa shape index (κ2) is 3.29. The summed E-state index contributed by atoms with van der Waals surface area (Å²) in [7, 11) is 0. The fraction of sp³-hybridized carbons (Fsp3) is 0.375. The third-order valence-corrected chi connectivity index (χ3v) is 2.22. The molecule has 0 aliphatic carbocycles. The van der Waals surface area contributed by atoms with Gasteiger partial charge < -0.3 is 10.2 Å². The predicted octanol–water partition coefficient (Wildman–Crippen LogP) is 1.69. The Morgan fingerprint density at radius 2 is 2.17 bits per heavy atom. The number of rotatable bonds is 2. The molecule has 1 heterocycles. The Balaban J connectivity index is 3.17. The van der Waals surface area contributed by atoms with E-state index >= 15 is 0 Å². The first-order valence-electron chi connectivity index (χ1n) is 3.56. The van der Waals surface area contributed by atoms with Crippen molar-refractivity contribution in [3.63, 3.8) is 0 Å². The lowest BCUT2D eigenvalue weighted by Crippen LogP contribution is -2.13. The van der Waals surface area contributed by atoms with E-state index in [0.717, 1.165) is 0 Å². The van der Waals surface area contributed by atoms with E-state index in [0.29, 0.717) is 16.3 Å². The van der Waals surface area contributed by atoms with Crippen LogP contribution < -0.4 is 5.73 Å². The maximum Gasteiger partial charge on any atom is 0.211 e. The first kappa shape index (κ1) is 9.29. The number of ketones is 1. The average Bonchev–Trinajstić information content (AvgIpc) is 2.32. The van der Waals surface area contributed by atoms with Gasteiger partial charge >= 0.3 is 0 Å². The molecule has 0 bridgehead atoms. The standard InChI is InChI=1S/C8H10ClNO2/c1-4-7(9)5(2)12-8(4)6(11)3-10/h3,10H2,1-2H3. The highest BCUT2D eigenvalue weighted by atomic mass is 35.5. The van der Waals surface area contributed by atoms with Gasteiger partial charge in [-0.25, -0.2) is 0 Å². The molecule has 0 spiro atoms. The molecule has 3 nitrogen and oxygen atoms in total. The van der Waals surface area contributed by atoms with Gasteiger partial charge in [0.05, 0.1) is 11.6 Å². The molecule has 0 fully saturated rings. The van der Waals surface area contributed by atoms with Crippen LogP contribution >= 0.6 is 11.6 Å². The van der Waals surface area contributed by atoms with Gasteiger partial charge in [0, 0.05) is 5.56 Å². The number of hydrogen-bond donors (Lipinski definition) is 1. The number of nitrogens with two attached hydrogens (primary N) is 1. The zero-order chi connectivity index (χ0) is 9.30. The molecule has 0 aliphatic heterocycles. The van der Waals surface area contributed by atoms with Crippen molar-refractivity contribution in [1.82, 2.24) is 0 Å². The molecule has 0 radical (unpaired) electrons. The summed E-state index contributed by atoms with van der Waals surface area (Å²) in [6.07, 6.45) is 0. The lowest BCUT2D eigenvalue weighted by molar-refractivity contribution is 0.0973. The molecule has 0 amide bonds. The van der Waals surface area contributed by atoms with Crippen LogP contribution in [0, 0.1) is 13.8 Å². The summed E-state index contributed by atoms with van der Waals surface area (Å²) in [6.45, 7) is 3.40. The van der Waals surface area contributed by atoms with Gasteiger partial charge in [0.1, 0.15) is 5.76 Å². The van der Waals surface area contributed by atoms with E-state index < -0.39 is 0 Å². The molecule has 0 atom stereocenters. The second-order valence-corrected chi connectivity index (χ2v) is 2.93. The molecule has 0 unspecified atom stereocenters. The van der Waals surface area contributed by atoms with Crippen LogP contribution in [0.1, 0.15) is 21.9 Å². The monoisotopic (exact) mass is 187 g/mol. The summed E-state index contributed by atoms with van der Waals surface area (Å²) < 4.78 is 5.14. The lowest BCUT2D eigenvalue weighted by Gasteiger charge is -1.92. The van der Waals surface area contributed by atoms with Crippen LogP contribution in [0.25, 0.3) is 0 Å². The minimum atomic E-state index is -0.220. The Morgan fingerprint density at radius 1 is 1.58 bits per heavy atom. The molecule has 1 aromatic rings. The van der Waals surface area contributed by atoms with E-state index in [1.807, 2.05) is 0 Å². The number of furan rings is 1. The van der Waals surface area contributed by atoms with Crippen LogP contribution in [0.3, 0.4) is 0 Å². The van der Waals surface area contributed by atoms with Gasteiger partial charge in [-0.1, -0.05) is 11.6 Å². The minimum absolute atomic E-state index is 0.0515. The molecule has 12 heavy (non-hydrogen) atoms. The number of Topliss-reactive ketones (excluding diaryl/α,β-unsaturated/α-hetero) is 1. The summed E-state index contributed by atoms with van der Waals surface area (Å²) in [6, 6.07) is 0. The molecular formula is C8H10ClNO2. The number of hydrogen-bond acceptors (Lipinski definition) is 3. The van der Waals surface area contributed by atoms with Crippen LogP contribution in [0.4, 0.5) is 0 Å². The molecule has 2 N–H and O–H groups in total. The Bertz CT molecular complexity index is 317. The maximum absolute atomic E-state index is 11.1. The fourth-order valence-electron chi connectivity index (χ4n) is 0.997. The third kappa shape index (κ3) is 1.38. The van der Waals surface area contributed by atoms with Crippen LogP contribution in [0.5, 0.6) is 0 Å². The van der Waals surface area contributed by atoms with Gasteiger partial charge in [0.15, 0.2) is 5.76 Å². The first-order chi connectivity index (χ1) is 5.57. The molecule has 0 aromatic carbocycles. The van der Waals surface area contributed by atoms with E-state index in [-0.39, 0.29) is 18.1 Å². The van der Waals surface area contributed by atoms with E-state index in [4.69, 9.17) is 21.8 Å². The van der Waals surface area contributed by atoms with Crippen LogP contribution in [0.2, 0.25) is 5.02 Å². The number of carbonyl (C=O) groups is 1. The van der Waals surface area contributed by atoms with Crippen molar-refractivity contribution < 1.29 is 9.21 Å². The number of halogens is 1. The molecule has 0 aliphatic rings. The van der Waals surface area contributed by atoms with Crippen molar-refractivity contribution in [3.05, 3.63) is 22.1 Å². The van der Waals surface area contributed by atoms with Gasteiger partial charge in [-0.15, -0.1) is 0 Å². The predicted molar refractivity (Wildman–Crippen MR) is 46.6 cm³/mol. The Labute approximate surface area is 75.5 Å². The molecule has 0 saturated carbocycles. The topological polar surface area (TPSA) is 56.2 Å². The third-order valence-electron chi connectivity index (χ3n) is 1.67. The molecular weight excluding hydrogens is 178 g/mol. The van der Waals surface area contributed by atoms with Gasteiger partial charge in [-0.2, -0.15) is 0 Å². The minimum Gasteiger partial charge on any atom is -0.456 e. The quantitative estimate of drug-likeness (QED) is 0.717. The Morgan fingerprint density at radius 3 is 2.50 bits per heavy atom. The summed E-state index contributed by atoms with van der Waals surface area (Å²) in [5, 5.41) is 0.506. The van der Waals surface area contributed by atoms with Crippen LogP contribution in [-0.4, -0.2) is 12.3 Å². The van der Waals surface area contributed by atoms with Crippen molar-refractivity contribution in [3.8, 4) is 0 Å². The van der Waals surface area contributed by atoms with Gasteiger partial charge in [0.25, 0.3) is 0 Å². The second-order valence-electron chi connectivity index (χ2n) is 2.55. The van der Waals surface area contributed by atoms with E-state index in [9.17, 15) is 4.79 Å². The molecule has 1 rings (SSSR count). The smallest absolute Gasteiger partial charge is 0.211 e. The highest BCUT2D eigenvalue weighted by molar-refractivity contribution is 6.32. The van der Waals surface area contributed by atoms with Crippen molar-refractivity contribution in [1.29, 1.82) is 0 Å². The van der Waals surface area contributed by atoms with Crippen molar-refractivity contribution in [2.24, 2.45) is 5.73 Å². The average molecular weight is 188 g/mol. The summed E-state index contributed by atoms with van der Waals surface area (Å²) >= 11 is 5.81. The number of aryl methyl sites for hydroxylation is 1. The van der Waals surface area contributed by atoms with Crippen LogP contribution in [0.15, 0.2) is 4.42 Å². The summed E-state index contributed by atoms with van der Waals surface area (Å²) in [4.78, 5) is 11.1.